The van der Waals surface area contributed by atoms with Gasteiger partial charge in [-0.1, -0.05) is 12.2 Å². The van der Waals surface area contributed by atoms with Crippen molar-refractivity contribution in [3.05, 3.63) is 23.9 Å². The van der Waals surface area contributed by atoms with Gasteiger partial charge >= 0.3 is 0 Å². The number of carbonyl (C=O) groups is 3. The van der Waals surface area contributed by atoms with Gasteiger partial charge < -0.3 is 5.32 Å². The Labute approximate surface area is 99.2 Å². The van der Waals surface area contributed by atoms with E-state index in [-0.39, 0.29) is 5.91 Å². The molecule has 3 aliphatic rings. The van der Waals surface area contributed by atoms with E-state index in [4.69, 9.17) is 0 Å². The second-order valence-electron chi connectivity index (χ2n) is 3.84. The first-order valence-corrected chi connectivity index (χ1v) is 6.49. The number of nitrogens with one attached hydrogen (secondary N) is 1. The summed E-state index contributed by atoms with van der Waals surface area (Å²) in [4.78, 5) is 38.7. The van der Waals surface area contributed by atoms with E-state index in [1.54, 1.807) is 23.8 Å². The van der Waals surface area contributed by atoms with Gasteiger partial charge in [0, 0.05) is 5.70 Å². The average molecular weight is 248 g/mol. The van der Waals surface area contributed by atoms with Gasteiger partial charge in [0.25, 0.3) is 11.8 Å². The van der Waals surface area contributed by atoms with Crippen LogP contribution in [-0.2, 0) is 14.4 Å². The molecule has 2 unspecified atom stereocenters. The molecule has 0 aromatic carbocycles. The molecule has 17 heavy (non-hydrogen) atoms. The summed E-state index contributed by atoms with van der Waals surface area (Å²) in [6.07, 6.45) is 5.30. The highest BCUT2D eigenvalue weighted by Gasteiger charge is 2.40. The second kappa shape index (κ2) is 3.59. The molecule has 3 rings (SSSR count). The number of hydrogen-bond acceptors (Lipinski definition) is 3. The average Bonchev–Trinajstić information content (AvgIpc) is 2.85. The lowest BCUT2D eigenvalue weighted by atomic mass is 9.96. The summed E-state index contributed by atoms with van der Waals surface area (Å²) < 4.78 is 0. The third-order valence-corrected chi connectivity index (χ3v) is 4.68. The lowest BCUT2D eigenvalue weighted by Crippen LogP contribution is -2.23. The van der Waals surface area contributed by atoms with E-state index in [1.807, 2.05) is 0 Å². The Morgan fingerprint density at radius 3 is 2.88 bits per heavy atom. The van der Waals surface area contributed by atoms with Crippen LogP contribution in [0.1, 0.15) is 0 Å². The zero-order chi connectivity index (χ0) is 12.0. The molecule has 5 nitrogen and oxygen atoms in total. The molecule has 86 valence electrons. The number of aliphatic imine (C=N–C) groups is 1. The van der Waals surface area contributed by atoms with E-state index in [2.05, 4.69) is 10.3 Å². The van der Waals surface area contributed by atoms with Crippen molar-refractivity contribution in [2.45, 2.75) is 0 Å². The molecular formula is C11H8N2O3S. The largest absolute Gasteiger partial charge is 0.322 e. The van der Waals surface area contributed by atoms with Gasteiger partial charge in [0.1, 0.15) is 0 Å². The standard InChI is InChI=1S/C11H8N2O3S/c14-8-4-17(5-12-8)7-3-1-2-6-9(7)10(15)11(16)13-6/h1-3,5,9H,4H2,(H,13,16). The van der Waals surface area contributed by atoms with Gasteiger partial charge in [-0.25, -0.2) is 4.99 Å². The monoisotopic (exact) mass is 248 g/mol. The minimum Gasteiger partial charge on any atom is -0.322 e. The minimum atomic E-state index is -0.575. The number of allylic oxidation sites excluding steroid dienone is 4. The third-order valence-electron chi connectivity index (χ3n) is 2.78. The molecule has 0 aromatic rings. The number of amides is 2. The van der Waals surface area contributed by atoms with Crippen LogP contribution in [0.5, 0.6) is 0 Å². The second-order valence-corrected chi connectivity index (χ2v) is 5.66. The number of Topliss-reactive ketones (excluding diaryl/α,β-unsaturated/α-hetero) is 1. The maximum Gasteiger partial charge on any atom is 0.292 e. The molecule has 2 atom stereocenters. The van der Waals surface area contributed by atoms with E-state index >= 15 is 0 Å². The molecule has 1 aliphatic carbocycles. The van der Waals surface area contributed by atoms with Crippen molar-refractivity contribution in [3.8, 4) is 0 Å². The normalized spacial score (nSPS) is 32.8. The first-order valence-electron chi connectivity index (χ1n) is 5.04. The zero-order valence-corrected chi connectivity index (χ0v) is 9.49. The van der Waals surface area contributed by atoms with Crippen molar-refractivity contribution in [2.24, 2.45) is 10.9 Å². The molecule has 6 heteroatoms. The Morgan fingerprint density at radius 2 is 2.18 bits per heavy atom. The predicted octanol–water partition coefficient (Wildman–Crippen LogP) is -0.235. The molecule has 0 bridgehead atoms. The van der Waals surface area contributed by atoms with Crippen LogP contribution in [0.2, 0.25) is 0 Å². The SMILES string of the molecule is O=C1CS(=C2C=CC=C3NC(=O)C(=O)C32)C=N1. The Morgan fingerprint density at radius 1 is 1.35 bits per heavy atom. The molecule has 1 fully saturated rings. The Bertz CT molecular complexity index is 584. The molecular weight excluding hydrogens is 240 g/mol. The van der Waals surface area contributed by atoms with Crippen LogP contribution < -0.4 is 5.32 Å². The molecule has 0 radical (unpaired) electrons. The van der Waals surface area contributed by atoms with E-state index in [1.165, 1.54) is 0 Å². The van der Waals surface area contributed by atoms with Crippen LogP contribution in [0, 0.1) is 5.92 Å². The summed E-state index contributed by atoms with van der Waals surface area (Å²) in [5.74, 6) is -1.42. The van der Waals surface area contributed by atoms with Crippen molar-refractivity contribution in [1.82, 2.24) is 5.32 Å². The summed E-state index contributed by atoms with van der Waals surface area (Å²) in [6, 6.07) is 0. The summed E-state index contributed by atoms with van der Waals surface area (Å²) in [6.45, 7) is 0. The number of carbonyl (C=O) groups excluding carboxylic acids is 3. The highest BCUT2D eigenvalue weighted by atomic mass is 32.2. The molecule has 0 spiro atoms. The minimum absolute atomic E-state index is 0.171. The van der Waals surface area contributed by atoms with Crippen molar-refractivity contribution >= 4 is 38.5 Å². The lowest BCUT2D eigenvalue weighted by molar-refractivity contribution is -0.135. The first-order chi connectivity index (χ1) is 8.16. The highest BCUT2D eigenvalue weighted by molar-refractivity contribution is 8.28. The van der Waals surface area contributed by atoms with Crippen LogP contribution in [0.3, 0.4) is 0 Å². The molecule has 1 saturated heterocycles. The van der Waals surface area contributed by atoms with E-state index in [0.29, 0.717) is 11.4 Å². The van der Waals surface area contributed by atoms with Crippen molar-refractivity contribution in [2.75, 3.05) is 5.75 Å². The number of fused-ring (bicyclic) bond motifs is 1. The first kappa shape index (κ1) is 10.3. The van der Waals surface area contributed by atoms with E-state index in [9.17, 15) is 14.4 Å². The Hall–Kier alpha value is -1.82. The van der Waals surface area contributed by atoms with Crippen molar-refractivity contribution < 1.29 is 14.4 Å². The number of nitrogens with zero attached hydrogens (tertiary/aromatic N) is 1. The van der Waals surface area contributed by atoms with Crippen LogP contribution in [0.15, 0.2) is 28.9 Å². The van der Waals surface area contributed by atoms with Crippen LogP contribution in [0.25, 0.3) is 0 Å². The van der Waals surface area contributed by atoms with E-state index in [0.717, 1.165) is 4.86 Å². The fraction of sp³-hybridized carbons (Fsp3) is 0.182. The maximum atomic E-state index is 11.8. The quantitative estimate of drug-likeness (QED) is 0.475. The van der Waals surface area contributed by atoms with Gasteiger partial charge in [-0.05, 0) is 10.9 Å². The third kappa shape index (κ3) is 1.52. The predicted molar refractivity (Wildman–Crippen MR) is 64.8 cm³/mol. The molecule has 2 aliphatic heterocycles. The number of rotatable bonds is 0. The summed E-state index contributed by atoms with van der Waals surface area (Å²) in [5.41, 5.74) is 2.19. The van der Waals surface area contributed by atoms with Crippen LogP contribution >= 0.6 is 10.5 Å². The fourth-order valence-electron chi connectivity index (χ4n) is 2.01. The van der Waals surface area contributed by atoms with Gasteiger partial charge in [-0.2, -0.15) is 0 Å². The number of hydrogen-bond donors (Lipinski definition) is 1. The molecule has 1 N–H and O–H groups in total. The van der Waals surface area contributed by atoms with Crippen molar-refractivity contribution in [1.29, 1.82) is 0 Å². The van der Waals surface area contributed by atoms with Crippen LogP contribution in [0.4, 0.5) is 0 Å². The number of ketones is 1. The smallest absolute Gasteiger partial charge is 0.292 e. The van der Waals surface area contributed by atoms with Crippen LogP contribution in [-0.4, -0.2) is 33.8 Å². The molecule has 0 saturated carbocycles. The topological polar surface area (TPSA) is 75.6 Å². The maximum absolute atomic E-state index is 11.8. The Balaban J connectivity index is 2.09. The van der Waals surface area contributed by atoms with Gasteiger partial charge in [-0.3, -0.25) is 14.4 Å². The Kier molecular flexibility index (Phi) is 2.19. The highest BCUT2D eigenvalue weighted by Crippen LogP contribution is 2.30. The van der Waals surface area contributed by atoms with Gasteiger partial charge in [0.05, 0.1) is 17.2 Å². The molecule has 2 heterocycles. The van der Waals surface area contributed by atoms with E-state index < -0.39 is 28.1 Å². The molecule has 2 amide bonds. The fourth-order valence-corrected chi connectivity index (χ4v) is 3.75. The van der Waals surface area contributed by atoms with Crippen molar-refractivity contribution in [3.63, 3.8) is 0 Å². The van der Waals surface area contributed by atoms with Gasteiger partial charge in [-0.15, -0.1) is 10.5 Å². The zero-order valence-electron chi connectivity index (χ0n) is 8.67. The summed E-state index contributed by atoms with van der Waals surface area (Å²) >= 11 is 0. The van der Waals surface area contributed by atoms with Gasteiger partial charge in [0.15, 0.2) is 0 Å². The summed E-state index contributed by atoms with van der Waals surface area (Å²) in [5, 5.41) is 2.55. The van der Waals surface area contributed by atoms with Gasteiger partial charge in [0.2, 0.25) is 5.78 Å². The lowest BCUT2D eigenvalue weighted by Gasteiger charge is -2.15. The summed E-state index contributed by atoms with van der Waals surface area (Å²) in [7, 11) is -0.455. The molecule has 0 aromatic heterocycles.